The predicted octanol–water partition coefficient (Wildman–Crippen LogP) is 4.80. The summed E-state index contributed by atoms with van der Waals surface area (Å²) in [6, 6.07) is 11.7. The highest BCUT2D eigenvalue weighted by Gasteiger charge is 2.25. The van der Waals surface area contributed by atoms with E-state index in [4.69, 9.17) is 30.9 Å². The van der Waals surface area contributed by atoms with Crippen molar-refractivity contribution in [1.29, 1.82) is 5.41 Å². The van der Waals surface area contributed by atoms with E-state index in [1.807, 2.05) is 18.2 Å². The van der Waals surface area contributed by atoms with Crippen LogP contribution >= 0.6 is 11.6 Å². The lowest BCUT2D eigenvalue weighted by Gasteiger charge is -2.18. The summed E-state index contributed by atoms with van der Waals surface area (Å²) in [6.07, 6.45) is 2.48. The van der Waals surface area contributed by atoms with Gasteiger partial charge in [0, 0.05) is 12.1 Å². The van der Waals surface area contributed by atoms with Crippen LogP contribution in [0.5, 0.6) is 11.5 Å². The number of carbonyl (C=O) groups excluding carboxylic acids is 1. The normalized spacial score (nSPS) is 11.5. The summed E-state index contributed by atoms with van der Waals surface area (Å²) in [5.74, 6) is 0.845. The first-order valence-corrected chi connectivity index (χ1v) is 11.0. The van der Waals surface area contributed by atoms with Gasteiger partial charge in [0.05, 0.1) is 25.4 Å². The first-order chi connectivity index (χ1) is 16.5. The molecule has 0 saturated heterocycles. The molecule has 0 aliphatic heterocycles. The monoisotopic (exact) mass is 488 g/mol. The molecular weight excluding hydrogens is 463 g/mol. The van der Waals surface area contributed by atoms with Crippen molar-refractivity contribution >= 4 is 23.3 Å². The first kappa shape index (κ1) is 25.0. The first-order valence-electron chi connectivity index (χ1n) is 10.6. The van der Waals surface area contributed by atoms with Crippen LogP contribution in [0.2, 0.25) is 5.02 Å². The number of methoxy groups -OCH3 is 2. The van der Waals surface area contributed by atoms with Gasteiger partial charge in [-0.15, -0.1) is 0 Å². The molecule has 0 aliphatic carbocycles. The molecule has 0 spiro atoms. The number of rotatable bonds is 11. The summed E-state index contributed by atoms with van der Waals surface area (Å²) < 4.78 is 29.2. The van der Waals surface area contributed by atoms with Gasteiger partial charge in [-0.25, -0.2) is 9.37 Å². The highest BCUT2D eigenvalue weighted by Crippen LogP contribution is 2.32. The number of hydrogen-bond donors (Lipinski definition) is 3. The number of oxazole rings is 1. The molecule has 34 heavy (non-hydrogen) atoms. The third kappa shape index (κ3) is 6.05. The molecule has 0 radical (unpaired) electrons. The summed E-state index contributed by atoms with van der Waals surface area (Å²) in [5, 5.41) is 13.5. The van der Waals surface area contributed by atoms with Gasteiger partial charge in [0.2, 0.25) is 5.89 Å². The van der Waals surface area contributed by atoms with Gasteiger partial charge in [-0.1, -0.05) is 29.8 Å². The number of amidine groups is 1. The summed E-state index contributed by atoms with van der Waals surface area (Å²) in [5.41, 5.74) is 0.921. The molecule has 2 aromatic carbocycles. The van der Waals surface area contributed by atoms with E-state index >= 15 is 0 Å². The van der Waals surface area contributed by atoms with Crippen LogP contribution in [0.4, 0.5) is 4.39 Å². The second-order valence-corrected chi connectivity index (χ2v) is 7.69. The molecule has 180 valence electrons. The third-order valence-corrected chi connectivity index (χ3v) is 5.39. The Morgan fingerprint density at radius 3 is 2.53 bits per heavy atom. The number of ether oxygens (including phenoxy) is 2. The summed E-state index contributed by atoms with van der Waals surface area (Å²) >= 11 is 6.28. The molecule has 0 saturated carbocycles. The number of alkyl halides is 1. The maximum absolute atomic E-state index is 13.2. The van der Waals surface area contributed by atoms with Crippen molar-refractivity contribution in [2.24, 2.45) is 0 Å². The zero-order valence-electron chi connectivity index (χ0n) is 18.9. The minimum absolute atomic E-state index is 0.198. The van der Waals surface area contributed by atoms with Crippen LogP contribution in [0.15, 0.2) is 53.1 Å². The summed E-state index contributed by atoms with van der Waals surface area (Å²) in [7, 11) is 2.94. The van der Waals surface area contributed by atoms with Crippen LogP contribution in [0, 0.1) is 5.41 Å². The van der Waals surface area contributed by atoms with E-state index in [9.17, 15) is 9.18 Å². The van der Waals surface area contributed by atoms with Crippen LogP contribution in [-0.4, -0.2) is 44.2 Å². The van der Waals surface area contributed by atoms with E-state index in [1.165, 1.54) is 14.2 Å². The summed E-state index contributed by atoms with van der Waals surface area (Å²) in [6.45, 7) is -0.514. The number of aromatic nitrogens is 1. The van der Waals surface area contributed by atoms with Crippen molar-refractivity contribution in [3.05, 3.63) is 65.1 Å². The Morgan fingerprint density at radius 1 is 1.18 bits per heavy atom. The molecule has 1 aromatic heterocycles. The molecule has 0 fully saturated rings. The van der Waals surface area contributed by atoms with Crippen molar-refractivity contribution in [3.63, 3.8) is 0 Å². The van der Waals surface area contributed by atoms with Crippen molar-refractivity contribution in [2.75, 3.05) is 27.4 Å². The second kappa shape index (κ2) is 12.0. The van der Waals surface area contributed by atoms with E-state index < -0.39 is 18.6 Å². The lowest BCUT2D eigenvalue weighted by atomic mass is 10.1. The van der Waals surface area contributed by atoms with Gasteiger partial charge in [0.15, 0.2) is 5.76 Å². The standard InChI is InChI=1S/C24H26ClFN4O4/c1-32-18-10-5-11-19(33-2)22(18)23(31)30-17(9-6-12-28-21(27)13-26)24-29-14-20(34-24)15-7-3-4-8-16(15)25/h3-5,7-8,10-11,14,17H,6,9,12-13H2,1-2H3,(H2,27,28)(H,30,31). The van der Waals surface area contributed by atoms with E-state index in [0.29, 0.717) is 47.2 Å². The number of halogens is 2. The van der Waals surface area contributed by atoms with Crippen LogP contribution in [-0.2, 0) is 0 Å². The van der Waals surface area contributed by atoms with Crippen molar-refractivity contribution in [3.8, 4) is 22.8 Å². The fraction of sp³-hybridized carbons (Fsp3) is 0.292. The minimum atomic E-state index is -0.866. The summed E-state index contributed by atoms with van der Waals surface area (Å²) in [4.78, 5) is 17.6. The Labute approximate surface area is 201 Å². The Kier molecular flexibility index (Phi) is 8.86. The van der Waals surface area contributed by atoms with E-state index in [1.54, 1.807) is 30.5 Å². The lowest BCUT2D eigenvalue weighted by molar-refractivity contribution is 0.0921. The van der Waals surface area contributed by atoms with E-state index in [2.05, 4.69) is 15.6 Å². The van der Waals surface area contributed by atoms with Crippen LogP contribution in [0.1, 0.15) is 35.1 Å². The van der Waals surface area contributed by atoms with Gasteiger partial charge in [-0.2, -0.15) is 0 Å². The molecule has 3 aromatic rings. The minimum Gasteiger partial charge on any atom is -0.496 e. The van der Waals surface area contributed by atoms with Crippen LogP contribution < -0.4 is 20.1 Å². The van der Waals surface area contributed by atoms with Crippen LogP contribution in [0.3, 0.4) is 0 Å². The van der Waals surface area contributed by atoms with Gasteiger partial charge in [0.25, 0.3) is 5.91 Å². The third-order valence-electron chi connectivity index (χ3n) is 5.06. The maximum Gasteiger partial charge on any atom is 0.259 e. The van der Waals surface area contributed by atoms with Gasteiger partial charge in [0.1, 0.15) is 35.6 Å². The molecular formula is C24H26ClFN4O4. The van der Waals surface area contributed by atoms with Crippen molar-refractivity contribution in [2.45, 2.75) is 18.9 Å². The molecule has 3 N–H and O–H groups in total. The van der Waals surface area contributed by atoms with Gasteiger partial charge in [-0.3, -0.25) is 10.2 Å². The second-order valence-electron chi connectivity index (χ2n) is 7.29. The highest BCUT2D eigenvalue weighted by atomic mass is 35.5. The Hall–Kier alpha value is -3.59. The number of benzene rings is 2. The van der Waals surface area contributed by atoms with E-state index in [-0.39, 0.29) is 17.3 Å². The lowest BCUT2D eigenvalue weighted by Crippen LogP contribution is -2.31. The zero-order chi connectivity index (χ0) is 24.5. The SMILES string of the molecule is COc1cccc(OC)c1C(=O)NC(CCCNC(=N)CF)c1ncc(-c2ccccc2Cl)o1. The number of carbonyl (C=O) groups is 1. The number of nitrogens with zero attached hydrogens (tertiary/aromatic N) is 1. The van der Waals surface area contributed by atoms with Crippen molar-refractivity contribution < 1.29 is 23.1 Å². The van der Waals surface area contributed by atoms with Crippen LogP contribution in [0.25, 0.3) is 11.3 Å². The maximum atomic E-state index is 13.2. The fourth-order valence-electron chi connectivity index (χ4n) is 3.39. The molecule has 1 unspecified atom stereocenters. The number of amides is 1. The zero-order valence-corrected chi connectivity index (χ0v) is 19.6. The predicted molar refractivity (Wildman–Crippen MR) is 128 cm³/mol. The topological polar surface area (TPSA) is 109 Å². The molecule has 1 amide bonds. The molecule has 10 heteroatoms. The molecule has 0 aliphatic rings. The fourth-order valence-corrected chi connectivity index (χ4v) is 3.62. The number of nitrogens with one attached hydrogen (secondary N) is 3. The average Bonchev–Trinajstić information content (AvgIpc) is 3.35. The Bertz CT molecular complexity index is 1120. The molecule has 1 atom stereocenters. The largest absolute Gasteiger partial charge is 0.496 e. The smallest absolute Gasteiger partial charge is 0.259 e. The molecule has 8 nitrogen and oxygen atoms in total. The van der Waals surface area contributed by atoms with Gasteiger partial charge in [-0.05, 0) is 37.1 Å². The molecule has 0 bridgehead atoms. The van der Waals surface area contributed by atoms with Crippen molar-refractivity contribution in [1.82, 2.24) is 15.6 Å². The molecule has 3 rings (SSSR count). The Balaban J connectivity index is 1.85. The quantitative estimate of drug-likeness (QED) is 0.203. The van der Waals surface area contributed by atoms with Gasteiger partial charge >= 0.3 is 0 Å². The molecule has 1 heterocycles. The Morgan fingerprint density at radius 2 is 1.88 bits per heavy atom. The average molecular weight is 489 g/mol. The highest BCUT2D eigenvalue weighted by molar-refractivity contribution is 6.33. The van der Waals surface area contributed by atoms with Gasteiger partial charge < -0.3 is 24.5 Å². The number of hydrogen-bond acceptors (Lipinski definition) is 6. The van der Waals surface area contributed by atoms with E-state index in [0.717, 1.165) is 0 Å².